The van der Waals surface area contributed by atoms with Gasteiger partial charge in [-0.2, -0.15) is 4.98 Å². The smallest absolute Gasteiger partial charge is 0.308 e. The Kier molecular flexibility index (Phi) is 2.45. The number of carboxylic acids is 1. The molecule has 0 spiro atoms. The summed E-state index contributed by atoms with van der Waals surface area (Å²) >= 11 is 7.03. The van der Waals surface area contributed by atoms with Gasteiger partial charge in [-0.25, -0.2) is 0 Å². The Morgan fingerprint density at radius 1 is 1.67 bits per heavy atom. The van der Waals surface area contributed by atoms with Crippen LogP contribution < -0.4 is 5.56 Å². The molecule has 7 heteroatoms. The molecule has 0 saturated carbocycles. The summed E-state index contributed by atoms with van der Waals surface area (Å²) in [4.78, 5) is 26.1. The first kappa shape index (κ1) is 10.1. The fourth-order valence-corrected chi connectivity index (χ4v) is 2.50. The molecule has 2 aromatic rings. The third-order valence-corrected chi connectivity index (χ3v) is 3.32. The molecule has 15 heavy (non-hydrogen) atoms. The van der Waals surface area contributed by atoms with Crippen LogP contribution in [0.1, 0.15) is 4.88 Å². The first-order chi connectivity index (χ1) is 7.08. The van der Waals surface area contributed by atoms with Crippen molar-refractivity contribution < 1.29 is 9.90 Å². The molecular weight excluding hydrogens is 240 g/mol. The van der Waals surface area contributed by atoms with E-state index < -0.39 is 5.97 Å². The second-order valence-electron chi connectivity index (χ2n) is 2.80. The number of fused-ring (bicyclic) bond motifs is 1. The lowest BCUT2D eigenvalue weighted by Crippen LogP contribution is -2.04. The highest BCUT2D eigenvalue weighted by Gasteiger charge is 2.13. The van der Waals surface area contributed by atoms with E-state index in [0.717, 1.165) is 11.3 Å². The number of thiazole rings is 1. The van der Waals surface area contributed by atoms with Gasteiger partial charge >= 0.3 is 5.97 Å². The van der Waals surface area contributed by atoms with E-state index in [2.05, 4.69) is 4.98 Å². The van der Waals surface area contributed by atoms with Crippen molar-refractivity contribution in [3.05, 3.63) is 32.6 Å². The molecule has 0 atom stereocenters. The molecule has 0 saturated heterocycles. The molecule has 1 N–H and O–H groups in total. The summed E-state index contributed by atoms with van der Waals surface area (Å²) in [5.74, 6) is -0.966. The molecule has 0 aromatic carbocycles. The zero-order valence-electron chi connectivity index (χ0n) is 7.31. The number of carbonyl (C=O) groups is 1. The molecule has 5 nitrogen and oxygen atoms in total. The van der Waals surface area contributed by atoms with Crippen LogP contribution in [0.15, 0.2) is 17.1 Å². The second kappa shape index (κ2) is 3.63. The number of aromatic nitrogens is 2. The van der Waals surface area contributed by atoms with Crippen LogP contribution in [0.4, 0.5) is 0 Å². The van der Waals surface area contributed by atoms with Crippen molar-refractivity contribution >= 4 is 33.9 Å². The monoisotopic (exact) mass is 244 g/mol. The van der Waals surface area contributed by atoms with Gasteiger partial charge < -0.3 is 5.11 Å². The summed E-state index contributed by atoms with van der Waals surface area (Å²) in [6.45, 7) is 0. The molecule has 0 radical (unpaired) electrons. The maximum absolute atomic E-state index is 10.9. The first-order valence-corrected chi connectivity index (χ1v) is 5.16. The van der Waals surface area contributed by atoms with Crippen LogP contribution in [0.25, 0.3) is 4.96 Å². The third kappa shape index (κ3) is 1.86. The Balaban J connectivity index is 2.63. The fourth-order valence-electron chi connectivity index (χ4n) is 1.14. The van der Waals surface area contributed by atoms with Gasteiger partial charge in [0.1, 0.15) is 5.15 Å². The van der Waals surface area contributed by atoms with Crippen molar-refractivity contribution in [1.29, 1.82) is 0 Å². The fraction of sp³-hybridized carbons (Fsp3) is 0.125. The predicted molar refractivity (Wildman–Crippen MR) is 55.7 cm³/mol. The summed E-state index contributed by atoms with van der Waals surface area (Å²) in [5, 5.41) is 8.92. The van der Waals surface area contributed by atoms with Crippen LogP contribution in [-0.2, 0) is 11.2 Å². The molecule has 0 bridgehead atoms. The van der Waals surface area contributed by atoms with Gasteiger partial charge in [0.2, 0.25) is 0 Å². The van der Waals surface area contributed by atoms with Crippen molar-refractivity contribution in [3.8, 4) is 0 Å². The van der Waals surface area contributed by atoms with E-state index in [9.17, 15) is 9.59 Å². The number of carboxylic acid groups (broad SMARTS) is 1. The minimum Gasteiger partial charge on any atom is -0.481 e. The van der Waals surface area contributed by atoms with E-state index in [1.54, 1.807) is 0 Å². The molecule has 0 unspecified atom stereocenters. The van der Waals surface area contributed by atoms with Crippen molar-refractivity contribution in [2.45, 2.75) is 6.42 Å². The second-order valence-corrected chi connectivity index (χ2v) is 4.23. The predicted octanol–water partition coefficient (Wildman–Crippen LogP) is 1.04. The number of hydrogen-bond acceptors (Lipinski definition) is 4. The highest BCUT2D eigenvalue weighted by molar-refractivity contribution is 7.17. The van der Waals surface area contributed by atoms with Crippen LogP contribution in [0, 0.1) is 0 Å². The largest absolute Gasteiger partial charge is 0.481 e. The molecule has 2 rings (SSSR count). The molecule has 0 aliphatic carbocycles. The van der Waals surface area contributed by atoms with E-state index in [0.29, 0.717) is 15.0 Å². The molecule has 78 valence electrons. The van der Waals surface area contributed by atoms with Crippen molar-refractivity contribution in [2.75, 3.05) is 0 Å². The van der Waals surface area contributed by atoms with Crippen molar-refractivity contribution in [1.82, 2.24) is 9.38 Å². The zero-order valence-corrected chi connectivity index (χ0v) is 8.88. The molecule has 0 fully saturated rings. The van der Waals surface area contributed by atoms with Gasteiger partial charge in [0.05, 0.1) is 11.3 Å². The first-order valence-electron chi connectivity index (χ1n) is 3.96. The molecular formula is C8H5ClN2O3S. The maximum Gasteiger partial charge on any atom is 0.308 e. The maximum atomic E-state index is 10.9. The third-order valence-electron chi connectivity index (χ3n) is 1.75. The number of hydrogen-bond donors (Lipinski definition) is 1. The Bertz CT molecular complexity index is 589. The summed E-state index contributed by atoms with van der Waals surface area (Å²) in [6.07, 6.45) is 1.32. The molecule has 2 heterocycles. The van der Waals surface area contributed by atoms with Crippen molar-refractivity contribution in [2.24, 2.45) is 0 Å². The van der Waals surface area contributed by atoms with Gasteiger partial charge in [0, 0.05) is 12.3 Å². The summed E-state index contributed by atoms with van der Waals surface area (Å²) < 4.78 is 1.49. The van der Waals surface area contributed by atoms with Crippen LogP contribution >= 0.6 is 22.9 Å². The lowest BCUT2D eigenvalue weighted by Gasteiger charge is -1.92. The number of rotatable bonds is 2. The zero-order chi connectivity index (χ0) is 11.0. The van der Waals surface area contributed by atoms with Gasteiger partial charge in [-0.05, 0) is 0 Å². The average molecular weight is 245 g/mol. The summed E-state index contributed by atoms with van der Waals surface area (Å²) in [6, 6.07) is 1.27. The lowest BCUT2D eigenvalue weighted by atomic mass is 10.4. The van der Waals surface area contributed by atoms with E-state index in [1.807, 2.05) is 0 Å². The van der Waals surface area contributed by atoms with Crippen LogP contribution in [-0.4, -0.2) is 20.5 Å². The van der Waals surface area contributed by atoms with Crippen LogP contribution in [0.2, 0.25) is 5.15 Å². The van der Waals surface area contributed by atoms with Gasteiger partial charge in [-0.1, -0.05) is 22.9 Å². The van der Waals surface area contributed by atoms with Crippen LogP contribution in [0.3, 0.4) is 0 Å². The Morgan fingerprint density at radius 2 is 2.40 bits per heavy atom. The number of halogens is 1. The molecule has 2 aromatic heterocycles. The Morgan fingerprint density at radius 3 is 3.07 bits per heavy atom. The van der Waals surface area contributed by atoms with Gasteiger partial charge in [0.25, 0.3) is 5.56 Å². The SMILES string of the molecule is O=C(O)Cc1sc2nc(=O)ccn2c1Cl. The summed E-state index contributed by atoms with van der Waals surface area (Å²) in [5.41, 5.74) is -0.366. The summed E-state index contributed by atoms with van der Waals surface area (Å²) in [7, 11) is 0. The Hall–Kier alpha value is -1.40. The lowest BCUT2D eigenvalue weighted by molar-refractivity contribution is -0.136. The van der Waals surface area contributed by atoms with E-state index >= 15 is 0 Å². The minimum absolute atomic E-state index is 0.166. The van der Waals surface area contributed by atoms with Crippen molar-refractivity contribution in [3.63, 3.8) is 0 Å². The average Bonchev–Trinajstić information content (AvgIpc) is 2.42. The highest BCUT2D eigenvalue weighted by atomic mass is 35.5. The van der Waals surface area contributed by atoms with Gasteiger partial charge in [-0.15, -0.1) is 0 Å². The minimum atomic E-state index is -0.966. The van der Waals surface area contributed by atoms with Gasteiger partial charge in [0.15, 0.2) is 4.96 Å². The van der Waals surface area contributed by atoms with E-state index in [4.69, 9.17) is 16.7 Å². The quantitative estimate of drug-likeness (QED) is 0.857. The van der Waals surface area contributed by atoms with Crippen LogP contribution in [0.5, 0.6) is 0 Å². The standard InChI is InChI=1S/C8H5ClN2O3S/c9-7-4(3-6(13)14)15-8-10-5(12)1-2-11(7)8/h1-2H,3H2,(H,13,14). The van der Waals surface area contributed by atoms with Gasteiger partial charge in [-0.3, -0.25) is 14.0 Å². The highest BCUT2D eigenvalue weighted by Crippen LogP contribution is 2.25. The number of nitrogens with zero attached hydrogens (tertiary/aromatic N) is 2. The number of aliphatic carboxylic acids is 1. The molecule has 0 aliphatic heterocycles. The van der Waals surface area contributed by atoms with E-state index in [1.165, 1.54) is 16.7 Å². The van der Waals surface area contributed by atoms with E-state index in [-0.39, 0.29) is 12.0 Å². The normalized spacial score (nSPS) is 10.7. The molecule has 0 amide bonds. The molecule has 0 aliphatic rings. The Labute approximate surface area is 92.6 Å². The topological polar surface area (TPSA) is 71.7 Å².